The van der Waals surface area contributed by atoms with Crippen LogP contribution in [0.5, 0.6) is 0 Å². The maximum absolute atomic E-state index is 10.9. The molecular weight excluding hydrogens is 238 g/mol. The zero-order valence-corrected chi connectivity index (χ0v) is 11.0. The fourth-order valence-electron chi connectivity index (χ4n) is 1.97. The quantitative estimate of drug-likeness (QED) is 0.882. The third-order valence-electron chi connectivity index (χ3n) is 3.08. The van der Waals surface area contributed by atoms with E-state index in [2.05, 4.69) is 21.7 Å². The molecule has 0 radical (unpaired) electrons. The first-order chi connectivity index (χ1) is 8.11. The number of hydrogen-bond donors (Lipinski definition) is 1. The van der Waals surface area contributed by atoms with Crippen LogP contribution in [0.1, 0.15) is 22.3 Å². The number of piperazine rings is 1. The van der Waals surface area contributed by atoms with Crippen LogP contribution in [-0.4, -0.2) is 53.7 Å². The lowest BCUT2D eigenvalue weighted by Gasteiger charge is -2.33. The van der Waals surface area contributed by atoms with Crippen LogP contribution in [0.4, 0.5) is 5.13 Å². The van der Waals surface area contributed by atoms with Gasteiger partial charge in [-0.1, -0.05) is 6.92 Å². The molecule has 1 aromatic heterocycles. The van der Waals surface area contributed by atoms with Crippen LogP contribution in [0, 0.1) is 6.92 Å². The van der Waals surface area contributed by atoms with Crippen LogP contribution >= 0.6 is 11.3 Å². The third kappa shape index (κ3) is 2.58. The Kier molecular flexibility index (Phi) is 3.63. The highest BCUT2D eigenvalue weighted by atomic mass is 32.1. The fraction of sp³-hybridized carbons (Fsp3) is 0.636. The second-order valence-electron chi connectivity index (χ2n) is 4.13. The van der Waals surface area contributed by atoms with Crippen LogP contribution < -0.4 is 4.90 Å². The first-order valence-corrected chi connectivity index (χ1v) is 6.61. The molecule has 1 aromatic rings. The fourth-order valence-corrected chi connectivity index (χ4v) is 2.92. The van der Waals surface area contributed by atoms with Crippen molar-refractivity contribution in [1.29, 1.82) is 0 Å². The minimum atomic E-state index is -0.933. The van der Waals surface area contributed by atoms with Crippen LogP contribution in [-0.2, 0) is 0 Å². The summed E-state index contributed by atoms with van der Waals surface area (Å²) in [6.45, 7) is 8.96. The molecule has 0 amide bonds. The van der Waals surface area contributed by atoms with Crippen molar-refractivity contribution >= 4 is 22.4 Å². The van der Waals surface area contributed by atoms with E-state index in [1.807, 2.05) is 6.92 Å². The molecule has 0 aliphatic carbocycles. The number of carboxylic acids is 1. The molecule has 6 heteroatoms. The van der Waals surface area contributed by atoms with Crippen LogP contribution in [0.25, 0.3) is 0 Å². The second-order valence-corrected chi connectivity index (χ2v) is 5.31. The first-order valence-electron chi connectivity index (χ1n) is 5.80. The number of likely N-dealkylation sites (N-methyl/N-ethyl adjacent to an activating group) is 1. The average Bonchev–Trinajstić information content (AvgIpc) is 2.71. The van der Waals surface area contributed by atoms with E-state index in [-0.39, 0.29) is 5.69 Å². The highest BCUT2D eigenvalue weighted by Crippen LogP contribution is 2.26. The lowest BCUT2D eigenvalue weighted by Crippen LogP contribution is -2.46. The Hall–Kier alpha value is -1.14. The summed E-state index contributed by atoms with van der Waals surface area (Å²) in [5.41, 5.74) is 0.197. The van der Waals surface area contributed by atoms with Gasteiger partial charge in [0, 0.05) is 31.1 Å². The Balaban J connectivity index is 2.08. The maximum atomic E-state index is 10.9. The van der Waals surface area contributed by atoms with Crippen molar-refractivity contribution in [3.8, 4) is 0 Å². The van der Waals surface area contributed by atoms with Gasteiger partial charge in [-0.05, 0) is 13.5 Å². The predicted octanol–water partition coefficient (Wildman–Crippen LogP) is 1.29. The largest absolute Gasteiger partial charge is 0.476 e. The number of aryl methyl sites for hydroxylation is 1. The van der Waals surface area contributed by atoms with Gasteiger partial charge >= 0.3 is 5.97 Å². The van der Waals surface area contributed by atoms with Crippen molar-refractivity contribution in [3.63, 3.8) is 0 Å². The molecule has 0 unspecified atom stereocenters. The molecule has 1 N–H and O–H groups in total. The monoisotopic (exact) mass is 255 g/mol. The molecule has 1 aliphatic heterocycles. The van der Waals surface area contributed by atoms with Gasteiger partial charge in [-0.2, -0.15) is 0 Å². The van der Waals surface area contributed by atoms with Crippen LogP contribution in [0.15, 0.2) is 0 Å². The second kappa shape index (κ2) is 5.01. The molecule has 1 saturated heterocycles. The summed E-state index contributed by atoms with van der Waals surface area (Å²) in [5, 5.41) is 9.82. The number of hydrogen-bond acceptors (Lipinski definition) is 5. The Morgan fingerprint density at radius 2 is 2.06 bits per heavy atom. The zero-order chi connectivity index (χ0) is 12.4. The number of anilines is 1. The van der Waals surface area contributed by atoms with E-state index in [0.717, 1.165) is 42.7 Å². The molecule has 0 aromatic carbocycles. The summed E-state index contributed by atoms with van der Waals surface area (Å²) in [6.07, 6.45) is 0. The predicted molar refractivity (Wildman–Crippen MR) is 68.1 cm³/mol. The smallest absolute Gasteiger partial charge is 0.355 e. The van der Waals surface area contributed by atoms with E-state index < -0.39 is 5.97 Å². The summed E-state index contributed by atoms with van der Waals surface area (Å²) in [6, 6.07) is 0. The highest BCUT2D eigenvalue weighted by Gasteiger charge is 2.21. The van der Waals surface area contributed by atoms with Crippen molar-refractivity contribution in [2.75, 3.05) is 37.6 Å². The van der Waals surface area contributed by atoms with E-state index in [1.165, 1.54) is 11.3 Å². The van der Waals surface area contributed by atoms with Crippen molar-refractivity contribution in [2.24, 2.45) is 0 Å². The minimum Gasteiger partial charge on any atom is -0.476 e. The Morgan fingerprint density at radius 3 is 2.53 bits per heavy atom. The van der Waals surface area contributed by atoms with E-state index in [1.54, 1.807) is 0 Å². The topological polar surface area (TPSA) is 56.7 Å². The molecule has 17 heavy (non-hydrogen) atoms. The number of nitrogens with zero attached hydrogens (tertiary/aromatic N) is 3. The number of carbonyl (C=O) groups is 1. The molecule has 0 spiro atoms. The van der Waals surface area contributed by atoms with E-state index >= 15 is 0 Å². The SMILES string of the molecule is CCN1CCN(c2nc(C(=O)O)c(C)s2)CC1. The van der Waals surface area contributed by atoms with Gasteiger partial charge in [0.15, 0.2) is 10.8 Å². The van der Waals surface area contributed by atoms with E-state index in [9.17, 15) is 4.79 Å². The molecule has 94 valence electrons. The molecule has 0 atom stereocenters. The molecule has 2 rings (SSSR count). The van der Waals surface area contributed by atoms with Gasteiger partial charge in [0.2, 0.25) is 0 Å². The number of carboxylic acid groups (broad SMARTS) is 1. The Morgan fingerprint density at radius 1 is 1.41 bits per heavy atom. The van der Waals surface area contributed by atoms with Crippen molar-refractivity contribution in [3.05, 3.63) is 10.6 Å². The van der Waals surface area contributed by atoms with Crippen molar-refractivity contribution in [2.45, 2.75) is 13.8 Å². The summed E-state index contributed by atoms with van der Waals surface area (Å²) in [4.78, 5) is 20.5. The van der Waals surface area contributed by atoms with Gasteiger partial charge in [0.25, 0.3) is 0 Å². The molecule has 1 fully saturated rings. The molecule has 0 saturated carbocycles. The normalized spacial score (nSPS) is 17.4. The summed E-state index contributed by atoms with van der Waals surface area (Å²) < 4.78 is 0. The van der Waals surface area contributed by atoms with Gasteiger partial charge in [0.05, 0.1) is 0 Å². The van der Waals surface area contributed by atoms with Crippen molar-refractivity contribution in [1.82, 2.24) is 9.88 Å². The standard InChI is InChI=1S/C11H17N3O2S/c1-3-13-4-6-14(7-5-13)11-12-9(10(15)16)8(2)17-11/h3-7H2,1-2H3,(H,15,16). The summed E-state index contributed by atoms with van der Waals surface area (Å²) in [5.74, 6) is -0.933. The van der Waals surface area contributed by atoms with Gasteiger partial charge in [0.1, 0.15) is 0 Å². The molecule has 0 bridgehead atoms. The number of aromatic carboxylic acids is 1. The van der Waals surface area contributed by atoms with Gasteiger partial charge in [-0.15, -0.1) is 11.3 Å². The summed E-state index contributed by atoms with van der Waals surface area (Å²) in [7, 11) is 0. The average molecular weight is 255 g/mol. The van der Waals surface area contributed by atoms with Crippen LogP contribution in [0.2, 0.25) is 0 Å². The summed E-state index contributed by atoms with van der Waals surface area (Å²) >= 11 is 1.47. The van der Waals surface area contributed by atoms with Crippen LogP contribution in [0.3, 0.4) is 0 Å². The lowest BCUT2D eigenvalue weighted by molar-refractivity contribution is 0.0690. The molecule has 1 aliphatic rings. The number of thiazole rings is 1. The number of aromatic nitrogens is 1. The zero-order valence-electron chi connectivity index (χ0n) is 10.1. The van der Waals surface area contributed by atoms with E-state index in [4.69, 9.17) is 5.11 Å². The minimum absolute atomic E-state index is 0.197. The van der Waals surface area contributed by atoms with Gasteiger partial charge in [-0.3, -0.25) is 0 Å². The highest BCUT2D eigenvalue weighted by molar-refractivity contribution is 7.15. The Labute approximate surface area is 105 Å². The third-order valence-corrected chi connectivity index (χ3v) is 4.11. The lowest BCUT2D eigenvalue weighted by atomic mass is 10.3. The van der Waals surface area contributed by atoms with Gasteiger partial charge in [-0.25, -0.2) is 9.78 Å². The van der Waals surface area contributed by atoms with Crippen molar-refractivity contribution < 1.29 is 9.90 Å². The molecular formula is C11H17N3O2S. The first kappa shape index (κ1) is 12.3. The van der Waals surface area contributed by atoms with E-state index in [0.29, 0.717) is 0 Å². The number of rotatable bonds is 3. The molecule has 5 nitrogen and oxygen atoms in total. The maximum Gasteiger partial charge on any atom is 0.355 e. The van der Waals surface area contributed by atoms with Gasteiger partial charge < -0.3 is 14.9 Å². The molecule has 2 heterocycles. The Bertz CT molecular complexity index is 411.